The number of hydrogen-bond donors (Lipinski definition) is 1. The first-order valence-electron chi connectivity index (χ1n) is 8.20. The van der Waals surface area contributed by atoms with Crippen molar-refractivity contribution in [3.05, 3.63) is 77.4 Å². The van der Waals surface area contributed by atoms with Crippen molar-refractivity contribution in [2.24, 2.45) is 0 Å². The molecule has 3 aromatic rings. The van der Waals surface area contributed by atoms with Gasteiger partial charge in [-0.25, -0.2) is 0 Å². The van der Waals surface area contributed by atoms with Crippen molar-refractivity contribution in [2.75, 3.05) is 19.0 Å². The smallest absolute Gasteiger partial charge is 0.0761 e. The van der Waals surface area contributed by atoms with Crippen molar-refractivity contribution in [3.8, 4) is 0 Å². The van der Waals surface area contributed by atoms with E-state index in [0.717, 1.165) is 11.1 Å². The first-order valence-corrected chi connectivity index (χ1v) is 8.20. The van der Waals surface area contributed by atoms with Crippen LogP contribution in [0.3, 0.4) is 0 Å². The van der Waals surface area contributed by atoms with Crippen LogP contribution >= 0.6 is 0 Å². The van der Waals surface area contributed by atoms with Gasteiger partial charge in [0.15, 0.2) is 0 Å². The number of nitrogens with zero attached hydrogens (tertiary/aromatic N) is 1. The zero-order valence-corrected chi connectivity index (χ0v) is 14.4. The highest BCUT2D eigenvalue weighted by molar-refractivity contribution is 5.88. The molecule has 0 radical (unpaired) electrons. The molecule has 0 fully saturated rings. The van der Waals surface area contributed by atoms with Crippen LogP contribution in [0.4, 0.5) is 5.69 Å². The van der Waals surface area contributed by atoms with Gasteiger partial charge in [-0.3, -0.25) is 0 Å². The molecule has 3 aromatic carbocycles. The van der Waals surface area contributed by atoms with E-state index in [1.165, 1.54) is 22.0 Å². The van der Waals surface area contributed by atoms with Crippen molar-refractivity contribution in [2.45, 2.75) is 13.0 Å². The zero-order chi connectivity index (χ0) is 17.1. The number of aliphatic hydroxyl groups excluding tert-OH is 1. The Morgan fingerprint density at radius 1 is 0.792 bits per heavy atom. The van der Waals surface area contributed by atoms with Gasteiger partial charge in [-0.2, -0.15) is 0 Å². The summed E-state index contributed by atoms with van der Waals surface area (Å²) in [6.45, 7) is 1.78. The molecule has 1 N–H and O–H groups in total. The zero-order valence-electron chi connectivity index (χ0n) is 14.4. The van der Waals surface area contributed by atoms with Crippen LogP contribution in [0.15, 0.2) is 60.7 Å². The SMILES string of the molecule is CC(O)c1ccc(/C=C/c2ccc3cc(N(C)C)ccc3c2)cc1. The fraction of sp³-hybridized carbons (Fsp3) is 0.182. The maximum Gasteiger partial charge on any atom is 0.0761 e. The monoisotopic (exact) mass is 317 g/mol. The fourth-order valence-corrected chi connectivity index (χ4v) is 2.71. The molecule has 0 saturated heterocycles. The Morgan fingerprint density at radius 2 is 1.38 bits per heavy atom. The first kappa shape index (κ1) is 16.3. The first-order chi connectivity index (χ1) is 11.5. The molecule has 0 aromatic heterocycles. The summed E-state index contributed by atoms with van der Waals surface area (Å²) in [5, 5.41) is 12.0. The van der Waals surface area contributed by atoms with E-state index in [2.05, 4.69) is 67.5 Å². The van der Waals surface area contributed by atoms with Crippen molar-refractivity contribution in [1.82, 2.24) is 0 Å². The topological polar surface area (TPSA) is 23.5 Å². The summed E-state index contributed by atoms with van der Waals surface area (Å²) in [6, 6.07) is 21.0. The van der Waals surface area contributed by atoms with Crippen LogP contribution in [0.25, 0.3) is 22.9 Å². The Kier molecular flexibility index (Phi) is 4.68. The highest BCUT2D eigenvalue weighted by Gasteiger charge is 2.00. The minimum atomic E-state index is -0.421. The van der Waals surface area contributed by atoms with E-state index in [-0.39, 0.29) is 0 Å². The Labute approximate surface area is 143 Å². The van der Waals surface area contributed by atoms with Crippen molar-refractivity contribution in [3.63, 3.8) is 0 Å². The molecular formula is C22H23NO. The summed E-state index contributed by atoms with van der Waals surface area (Å²) in [7, 11) is 4.11. The van der Waals surface area contributed by atoms with Crippen LogP contribution in [-0.2, 0) is 0 Å². The van der Waals surface area contributed by atoms with E-state index in [9.17, 15) is 5.11 Å². The highest BCUT2D eigenvalue weighted by Crippen LogP contribution is 2.23. The minimum Gasteiger partial charge on any atom is -0.389 e. The standard InChI is InChI=1S/C22H23NO/c1-16(24)19-9-6-17(7-10-19)4-5-18-8-11-21-15-22(23(2)3)13-12-20(21)14-18/h4-16,24H,1-3H3/b5-4+. The van der Waals surface area contributed by atoms with Gasteiger partial charge in [0, 0.05) is 19.8 Å². The Hall–Kier alpha value is -2.58. The number of aliphatic hydroxyl groups is 1. The quantitative estimate of drug-likeness (QED) is 0.674. The van der Waals surface area contributed by atoms with Crippen LogP contribution in [0.2, 0.25) is 0 Å². The molecule has 2 heteroatoms. The lowest BCUT2D eigenvalue weighted by molar-refractivity contribution is 0.199. The lowest BCUT2D eigenvalue weighted by Gasteiger charge is -2.13. The molecule has 0 aliphatic carbocycles. The summed E-state index contributed by atoms with van der Waals surface area (Å²) >= 11 is 0. The fourth-order valence-electron chi connectivity index (χ4n) is 2.71. The highest BCUT2D eigenvalue weighted by atomic mass is 16.3. The van der Waals surface area contributed by atoms with Gasteiger partial charge < -0.3 is 10.0 Å². The molecule has 0 spiro atoms. The minimum absolute atomic E-state index is 0.421. The molecule has 0 amide bonds. The average molecular weight is 317 g/mol. The van der Waals surface area contributed by atoms with Gasteiger partial charge in [-0.1, -0.05) is 54.6 Å². The molecule has 0 aliphatic rings. The Bertz CT molecular complexity index is 861. The van der Waals surface area contributed by atoms with Gasteiger partial charge in [0.1, 0.15) is 0 Å². The Morgan fingerprint density at radius 3 is 2.04 bits per heavy atom. The Balaban J connectivity index is 1.83. The van der Waals surface area contributed by atoms with Crippen LogP contribution < -0.4 is 4.90 Å². The molecule has 0 saturated carbocycles. The molecule has 122 valence electrons. The molecule has 24 heavy (non-hydrogen) atoms. The van der Waals surface area contributed by atoms with Gasteiger partial charge >= 0.3 is 0 Å². The van der Waals surface area contributed by atoms with E-state index in [0.29, 0.717) is 0 Å². The summed E-state index contributed by atoms with van der Waals surface area (Å²) in [5.74, 6) is 0. The molecule has 2 nitrogen and oxygen atoms in total. The lowest BCUT2D eigenvalue weighted by atomic mass is 10.0. The van der Waals surface area contributed by atoms with Crippen LogP contribution in [0.5, 0.6) is 0 Å². The van der Waals surface area contributed by atoms with Crippen LogP contribution in [0, 0.1) is 0 Å². The van der Waals surface area contributed by atoms with E-state index in [1.807, 2.05) is 24.3 Å². The number of rotatable bonds is 4. The predicted molar refractivity (Wildman–Crippen MR) is 104 cm³/mol. The third kappa shape index (κ3) is 3.66. The lowest BCUT2D eigenvalue weighted by Crippen LogP contribution is -2.07. The molecule has 1 unspecified atom stereocenters. The van der Waals surface area contributed by atoms with Crippen molar-refractivity contribution >= 4 is 28.6 Å². The third-order valence-corrected chi connectivity index (χ3v) is 4.25. The predicted octanol–water partition coefficient (Wildman–Crippen LogP) is 5.13. The average Bonchev–Trinajstić information content (AvgIpc) is 2.59. The van der Waals surface area contributed by atoms with Crippen LogP contribution in [0.1, 0.15) is 29.7 Å². The van der Waals surface area contributed by atoms with Crippen LogP contribution in [-0.4, -0.2) is 19.2 Å². The number of fused-ring (bicyclic) bond motifs is 1. The number of anilines is 1. The normalized spacial score (nSPS) is 12.7. The number of hydrogen-bond acceptors (Lipinski definition) is 2. The molecule has 0 aliphatic heterocycles. The largest absolute Gasteiger partial charge is 0.389 e. The van der Waals surface area contributed by atoms with Gasteiger partial charge in [0.05, 0.1) is 6.10 Å². The summed E-state index contributed by atoms with van der Waals surface area (Å²) in [4.78, 5) is 2.12. The summed E-state index contributed by atoms with van der Waals surface area (Å²) in [5.41, 5.74) is 4.46. The van der Waals surface area contributed by atoms with Gasteiger partial charge in [0.2, 0.25) is 0 Å². The van der Waals surface area contributed by atoms with Gasteiger partial charge in [-0.05, 0) is 52.6 Å². The van der Waals surface area contributed by atoms with E-state index in [1.54, 1.807) is 6.92 Å². The van der Waals surface area contributed by atoms with E-state index in [4.69, 9.17) is 0 Å². The van der Waals surface area contributed by atoms with E-state index < -0.39 is 6.10 Å². The maximum atomic E-state index is 9.56. The van der Waals surface area contributed by atoms with Gasteiger partial charge in [0.25, 0.3) is 0 Å². The molecule has 0 bridgehead atoms. The second-order valence-electron chi connectivity index (χ2n) is 6.36. The molecular weight excluding hydrogens is 294 g/mol. The second kappa shape index (κ2) is 6.90. The molecule has 3 rings (SSSR count). The maximum absolute atomic E-state index is 9.56. The van der Waals surface area contributed by atoms with Crippen molar-refractivity contribution < 1.29 is 5.11 Å². The summed E-state index contributed by atoms with van der Waals surface area (Å²) < 4.78 is 0. The second-order valence-corrected chi connectivity index (χ2v) is 6.36. The molecule has 0 heterocycles. The number of benzene rings is 3. The van der Waals surface area contributed by atoms with Gasteiger partial charge in [-0.15, -0.1) is 0 Å². The molecule has 1 atom stereocenters. The summed E-state index contributed by atoms with van der Waals surface area (Å²) in [6.07, 6.45) is 3.80. The third-order valence-electron chi connectivity index (χ3n) is 4.25. The van der Waals surface area contributed by atoms with E-state index >= 15 is 0 Å². The van der Waals surface area contributed by atoms with Crippen molar-refractivity contribution in [1.29, 1.82) is 0 Å².